The van der Waals surface area contributed by atoms with Gasteiger partial charge >= 0.3 is 6.09 Å². The van der Waals surface area contributed by atoms with Crippen LogP contribution in [0, 0.1) is 17.8 Å². The number of hydrogen-bond donors (Lipinski definition) is 5. The third-order valence-corrected chi connectivity index (χ3v) is 7.70. The van der Waals surface area contributed by atoms with E-state index in [-0.39, 0.29) is 30.8 Å². The van der Waals surface area contributed by atoms with Crippen molar-refractivity contribution in [1.82, 2.24) is 16.0 Å². The Morgan fingerprint density at radius 3 is 2.31 bits per heavy atom. The lowest BCUT2D eigenvalue weighted by Gasteiger charge is -2.30. The number of aliphatic hydroxyl groups is 1. The van der Waals surface area contributed by atoms with E-state index in [4.69, 9.17) is 4.74 Å². The molecular formula is C23H41N3O8S. The zero-order valence-electron chi connectivity index (χ0n) is 20.9. The van der Waals surface area contributed by atoms with Crippen molar-refractivity contribution in [2.75, 3.05) is 6.54 Å². The number of aliphatic hydroxyl groups excluding tert-OH is 1. The van der Waals surface area contributed by atoms with Gasteiger partial charge in [0.05, 0.1) is 6.04 Å². The molecule has 11 nitrogen and oxygen atoms in total. The Hall–Kier alpha value is -1.92. The molecule has 5 N–H and O–H groups in total. The van der Waals surface area contributed by atoms with E-state index in [1.807, 2.05) is 13.8 Å². The molecule has 1 aliphatic carbocycles. The van der Waals surface area contributed by atoms with Gasteiger partial charge < -0.3 is 25.8 Å². The molecule has 1 saturated carbocycles. The third kappa shape index (κ3) is 9.57. The van der Waals surface area contributed by atoms with Crippen molar-refractivity contribution in [1.29, 1.82) is 0 Å². The predicted octanol–water partition coefficient (Wildman–Crippen LogP) is 1.70. The summed E-state index contributed by atoms with van der Waals surface area (Å²) in [6.07, 6.45) is 5.32. The van der Waals surface area contributed by atoms with E-state index in [2.05, 4.69) is 22.9 Å². The van der Waals surface area contributed by atoms with E-state index in [1.54, 1.807) is 0 Å². The normalized spacial score (nSPS) is 25.4. The predicted molar refractivity (Wildman–Crippen MR) is 129 cm³/mol. The Bertz CT molecular complexity index is 827. The number of amides is 3. The number of alkyl carbamates (subject to hydrolysis) is 1. The van der Waals surface area contributed by atoms with E-state index in [0.717, 1.165) is 38.5 Å². The van der Waals surface area contributed by atoms with Crippen LogP contribution < -0.4 is 16.0 Å². The lowest BCUT2D eigenvalue weighted by atomic mass is 9.85. The summed E-state index contributed by atoms with van der Waals surface area (Å²) in [7, 11) is -4.91. The Morgan fingerprint density at radius 2 is 1.80 bits per heavy atom. The first kappa shape index (κ1) is 29.3. The third-order valence-electron chi connectivity index (χ3n) is 6.76. The summed E-state index contributed by atoms with van der Waals surface area (Å²) in [5.41, 5.74) is -2.31. The fourth-order valence-electron chi connectivity index (χ4n) is 4.89. The van der Waals surface area contributed by atoms with E-state index < -0.39 is 45.6 Å². The molecule has 1 unspecified atom stereocenters. The molecular weight excluding hydrogens is 478 g/mol. The Morgan fingerprint density at radius 1 is 1.14 bits per heavy atom. The summed E-state index contributed by atoms with van der Waals surface area (Å²) < 4.78 is 38.1. The molecule has 0 aromatic carbocycles. The fourth-order valence-corrected chi connectivity index (χ4v) is 5.49. The molecule has 1 saturated heterocycles. The number of nitrogens with one attached hydrogen (secondary N) is 3. The van der Waals surface area contributed by atoms with E-state index in [0.29, 0.717) is 18.9 Å². The molecule has 0 bridgehead atoms. The average molecular weight is 520 g/mol. The number of ether oxygens (including phenoxy) is 1. The molecule has 3 amide bonds. The van der Waals surface area contributed by atoms with Gasteiger partial charge in [0.15, 0.2) is 0 Å². The summed E-state index contributed by atoms with van der Waals surface area (Å²) in [6, 6.07) is -2.49. The van der Waals surface area contributed by atoms with Gasteiger partial charge in [-0.3, -0.25) is 14.1 Å². The first-order valence-corrected chi connectivity index (χ1v) is 14.1. The lowest BCUT2D eigenvalue weighted by molar-refractivity contribution is -0.126. The molecule has 1 heterocycles. The highest BCUT2D eigenvalue weighted by atomic mass is 32.2. The topological polar surface area (TPSA) is 171 Å². The first-order chi connectivity index (χ1) is 16.4. The van der Waals surface area contributed by atoms with E-state index in [9.17, 15) is 32.5 Å². The maximum absolute atomic E-state index is 13.0. The minimum absolute atomic E-state index is 0.00101. The molecule has 202 valence electrons. The van der Waals surface area contributed by atoms with Gasteiger partial charge in [-0.1, -0.05) is 33.6 Å². The second-order valence-electron chi connectivity index (χ2n) is 10.2. The Balaban J connectivity index is 2.03. The molecule has 0 spiro atoms. The summed E-state index contributed by atoms with van der Waals surface area (Å²) in [4.78, 5) is 37.6. The van der Waals surface area contributed by atoms with Crippen LogP contribution in [0.1, 0.15) is 78.6 Å². The molecule has 2 rings (SSSR count). The highest BCUT2D eigenvalue weighted by Crippen LogP contribution is 2.29. The first-order valence-electron chi connectivity index (χ1n) is 12.6. The largest absolute Gasteiger partial charge is 0.446 e. The fraction of sp³-hybridized carbons (Fsp3) is 0.870. The molecule has 2 fully saturated rings. The number of carbonyl (C=O) groups is 3. The maximum Gasteiger partial charge on any atom is 0.408 e. The van der Waals surface area contributed by atoms with Gasteiger partial charge in [-0.15, -0.1) is 0 Å². The van der Waals surface area contributed by atoms with Crippen LogP contribution in [-0.4, -0.2) is 66.2 Å². The van der Waals surface area contributed by atoms with Crippen LogP contribution in [0.3, 0.4) is 0 Å². The van der Waals surface area contributed by atoms with Crippen molar-refractivity contribution in [3.05, 3.63) is 0 Å². The van der Waals surface area contributed by atoms with Crippen LogP contribution >= 0.6 is 0 Å². The standard InChI is InChI=1S/C23H41N3O8S/c1-4-5-15-6-8-17(9-7-15)34-23(30)26-18(12-14(2)3)21(28)25-19(22(29)35(31,32)33)13-16-10-11-24-20(16)27/h14-19,22,29H,4-13H2,1-3H3,(H,24,27)(H,25,28)(H,26,30)(H,31,32,33)/t15?,16-,17?,18+,19+,22?/m1/s1. The molecule has 1 aliphatic heterocycles. The highest BCUT2D eigenvalue weighted by Gasteiger charge is 2.38. The zero-order chi connectivity index (χ0) is 26.2. The van der Waals surface area contributed by atoms with Gasteiger partial charge in [-0.2, -0.15) is 8.42 Å². The maximum atomic E-state index is 13.0. The van der Waals surface area contributed by atoms with Crippen LogP contribution in [-0.2, 0) is 24.4 Å². The van der Waals surface area contributed by atoms with Crippen molar-refractivity contribution in [2.45, 2.75) is 102 Å². The SMILES string of the molecule is CCCC1CCC(OC(=O)N[C@@H](CC(C)C)C(=O)N[C@@H](C[C@H]2CCNC2=O)C(O)S(=O)(=O)O)CC1. The van der Waals surface area contributed by atoms with Crippen LogP contribution in [0.2, 0.25) is 0 Å². The molecule has 4 atom stereocenters. The van der Waals surface area contributed by atoms with Crippen LogP contribution in [0.5, 0.6) is 0 Å². The minimum Gasteiger partial charge on any atom is -0.446 e. The van der Waals surface area contributed by atoms with Crippen LogP contribution in [0.25, 0.3) is 0 Å². The number of hydrogen-bond acceptors (Lipinski definition) is 7. The second kappa shape index (κ2) is 13.4. The Kier molecular flexibility index (Phi) is 11.2. The number of carbonyl (C=O) groups excluding carboxylic acids is 3. The number of rotatable bonds is 12. The van der Waals surface area contributed by atoms with E-state index >= 15 is 0 Å². The van der Waals surface area contributed by atoms with Crippen molar-refractivity contribution in [3.8, 4) is 0 Å². The molecule has 0 aromatic rings. The van der Waals surface area contributed by atoms with Crippen molar-refractivity contribution >= 4 is 28.0 Å². The molecule has 12 heteroatoms. The van der Waals surface area contributed by atoms with Gasteiger partial charge in [0.25, 0.3) is 10.1 Å². The lowest BCUT2D eigenvalue weighted by Crippen LogP contribution is -2.55. The molecule has 0 radical (unpaired) electrons. The Labute approximate surface area is 207 Å². The van der Waals surface area contributed by atoms with Crippen molar-refractivity contribution in [3.63, 3.8) is 0 Å². The quantitative estimate of drug-likeness (QED) is 0.242. The van der Waals surface area contributed by atoms with Crippen molar-refractivity contribution in [2.24, 2.45) is 17.8 Å². The summed E-state index contributed by atoms with van der Waals surface area (Å²) in [5, 5.41) is 17.8. The average Bonchev–Trinajstić information content (AvgIpc) is 3.17. The second-order valence-corrected chi connectivity index (χ2v) is 11.7. The van der Waals surface area contributed by atoms with Crippen molar-refractivity contribution < 1.29 is 37.2 Å². The monoisotopic (exact) mass is 519 g/mol. The summed E-state index contributed by atoms with van der Waals surface area (Å²) in [6.45, 7) is 6.26. The molecule has 2 aliphatic rings. The summed E-state index contributed by atoms with van der Waals surface area (Å²) >= 11 is 0. The molecule has 0 aromatic heterocycles. The zero-order valence-corrected chi connectivity index (χ0v) is 21.7. The smallest absolute Gasteiger partial charge is 0.408 e. The highest BCUT2D eigenvalue weighted by molar-refractivity contribution is 7.86. The summed E-state index contributed by atoms with van der Waals surface area (Å²) in [5.74, 6) is -1.02. The van der Waals surface area contributed by atoms with E-state index in [1.165, 1.54) is 0 Å². The van der Waals surface area contributed by atoms with Gasteiger partial charge in [0.1, 0.15) is 12.1 Å². The minimum atomic E-state index is -4.91. The van der Waals surface area contributed by atoms with Gasteiger partial charge in [0, 0.05) is 12.5 Å². The van der Waals surface area contributed by atoms with Gasteiger partial charge in [-0.25, -0.2) is 4.79 Å². The van der Waals surface area contributed by atoms with Crippen LogP contribution in [0.4, 0.5) is 4.79 Å². The van der Waals surface area contributed by atoms with Gasteiger partial charge in [-0.05, 0) is 56.8 Å². The van der Waals surface area contributed by atoms with Crippen LogP contribution in [0.15, 0.2) is 0 Å². The van der Waals surface area contributed by atoms with Gasteiger partial charge in [0.2, 0.25) is 17.3 Å². The molecule has 35 heavy (non-hydrogen) atoms.